The van der Waals surface area contributed by atoms with E-state index in [0.29, 0.717) is 0 Å². The molecule has 0 unspecified atom stereocenters. The summed E-state index contributed by atoms with van der Waals surface area (Å²) in [4.78, 5) is 24.7. The van der Waals surface area contributed by atoms with Crippen LogP contribution in [0.3, 0.4) is 0 Å². The molecule has 0 amide bonds. The van der Waals surface area contributed by atoms with Crippen LogP contribution < -0.4 is 29.4 Å². The second-order valence-electron chi connectivity index (χ2n) is 25.9. The molecule has 1 heterocycles. The zero-order valence-electron chi connectivity index (χ0n) is 56.8. The average Bonchev–Trinajstić information content (AvgIpc) is 0.738. The summed E-state index contributed by atoms with van der Waals surface area (Å²) >= 11 is 0. The topological polar surface area (TPSA) is 45.2 Å². The van der Waals surface area contributed by atoms with Crippen molar-refractivity contribution in [3.05, 3.63) is 413 Å². The van der Waals surface area contributed by atoms with Gasteiger partial charge in [0.25, 0.3) is 0 Å². The van der Waals surface area contributed by atoms with Gasteiger partial charge in [-0.1, -0.05) is 194 Å². The molecule has 18 rings (SSSR count). The zero-order valence-corrected chi connectivity index (χ0v) is 56.8. The van der Waals surface area contributed by atoms with Crippen LogP contribution in [0.5, 0.6) is 0 Å². The maximum Gasteiger partial charge on any atom is 0.115 e. The van der Waals surface area contributed by atoms with Crippen molar-refractivity contribution in [1.29, 1.82) is 0 Å². The van der Waals surface area contributed by atoms with E-state index in [1.54, 1.807) is 0 Å². The number of fused-ring (bicyclic) bond motifs is 5. The highest BCUT2D eigenvalue weighted by Crippen LogP contribution is 2.49. The van der Waals surface area contributed by atoms with Crippen molar-refractivity contribution in [1.82, 2.24) is 9.97 Å². The Labute approximate surface area is 605 Å². The summed E-state index contributed by atoms with van der Waals surface area (Å²) in [6, 6.07) is 143. The minimum absolute atomic E-state index is 0.721. The Hall–Kier alpha value is -14.1. The zero-order chi connectivity index (χ0) is 69.1. The standard InChI is InChI=1S/C96H68N8/c1-5-29-77(30-6-1)99(89-41-37-69-21-13-17-25-73(69)65-89)81-45-53-85(54-46-81)103(86-55-47-82(48-56-86)100(78-31-7-2-8-32-78)90-42-38-70-22-14-18-26-74(70)66-90)93-61-62-94(96-95(93)97-63-64-98-96)104(87-57-49-83(50-58-87)101(79-33-9-3-10-34-79)91-43-39-71-23-15-19-27-75(71)67-91)88-59-51-84(52-60-88)102(80-35-11-4-12-36-80)92-44-40-72-24-16-20-28-76(72)68-92/h1-68H. The predicted octanol–water partition coefficient (Wildman–Crippen LogP) is 27.1. The van der Waals surface area contributed by atoms with Gasteiger partial charge in [-0.05, 0) is 249 Å². The van der Waals surface area contributed by atoms with Crippen LogP contribution in [0.25, 0.3) is 54.1 Å². The lowest BCUT2D eigenvalue weighted by molar-refractivity contribution is 1.21. The molecule has 0 saturated heterocycles. The molecule has 0 aliphatic carbocycles. The minimum Gasteiger partial charge on any atom is -0.310 e. The molecule has 18 aromatic rings. The minimum atomic E-state index is 0.721. The fourth-order valence-corrected chi connectivity index (χ4v) is 14.6. The molecule has 0 N–H and O–H groups in total. The summed E-state index contributed by atoms with van der Waals surface area (Å²) in [6.07, 6.45) is 3.62. The van der Waals surface area contributed by atoms with Gasteiger partial charge in [0.05, 0.1) is 11.4 Å². The number of anilines is 18. The molecular formula is C96H68N8. The smallest absolute Gasteiger partial charge is 0.115 e. The lowest BCUT2D eigenvalue weighted by atomic mass is 10.1. The Bertz CT molecular complexity index is 5360. The molecule has 492 valence electrons. The molecule has 17 aromatic carbocycles. The third-order valence-electron chi connectivity index (χ3n) is 19.6. The molecule has 1 aromatic heterocycles. The maximum atomic E-state index is 5.37. The third-order valence-corrected chi connectivity index (χ3v) is 19.6. The molecule has 0 aliphatic rings. The largest absolute Gasteiger partial charge is 0.310 e. The average molecular weight is 1330 g/mol. The molecule has 0 fully saturated rings. The van der Waals surface area contributed by atoms with Gasteiger partial charge in [-0.15, -0.1) is 0 Å². The molecule has 0 aliphatic heterocycles. The fraction of sp³-hybridized carbons (Fsp3) is 0. The Kier molecular flexibility index (Phi) is 16.5. The van der Waals surface area contributed by atoms with Crippen LogP contribution in [-0.2, 0) is 0 Å². The number of rotatable bonds is 18. The van der Waals surface area contributed by atoms with Crippen molar-refractivity contribution in [2.45, 2.75) is 0 Å². The summed E-state index contributed by atoms with van der Waals surface area (Å²) in [5, 5.41) is 9.45. The normalized spacial score (nSPS) is 11.3. The molecular weight excluding hydrogens is 1270 g/mol. The second-order valence-corrected chi connectivity index (χ2v) is 25.9. The summed E-state index contributed by atoms with van der Waals surface area (Å²) in [7, 11) is 0. The predicted molar refractivity (Wildman–Crippen MR) is 438 cm³/mol. The lowest BCUT2D eigenvalue weighted by Crippen LogP contribution is -2.16. The summed E-state index contributed by atoms with van der Waals surface area (Å²) < 4.78 is 0. The summed E-state index contributed by atoms with van der Waals surface area (Å²) in [5.41, 5.74) is 19.4. The van der Waals surface area contributed by atoms with Crippen molar-refractivity contribution in [3.63, 3.8) is 0 Å². The maximum absolute atomic E-state index is 5.37. The summed E-state index contributed by atoms with van der Waals surface area (Å²) in [6.45, 7) is 0. The highest BCUT2D eigenvalue weighted by molar-refractivity contribution is 6.04. The van der Waals surface area contributed by atoms with Crippen LogP contribution >= 0.6 is 0 Å². The Morgan fingerprint density at radius 3 is 0.529 bits per heavy atom. The van der Waals surface area contributed by atoms with Gasteiger partial charge in [0.15, 0.2) is 0 Å². The number of hydrogen-bond donors (Lipinski definition) is 0. The quantitative estimate of drug-likeness (QED) is 0.0842. The van der Waals surface area contributed by atoms with E-state index in [2.05, 4.69) is 430 Å². The van der Waals surface area contributed by atoms with Crippen molar-refractivity contribution >= 4 is 156 Å². The highest BCUT2D eigenvalue weighted by Gasteiger charge is 2.26. The van der Waals surface area contributed by atoms with Crippen LogP contribution in [0.4, 0.5) is 102 Å². The number of benzene rings is 17. The number of nitrogens with zero attached hydrogens (tertiary/aromatic N) is 8. The van der Waals surface area contributed by atoms with Gasteiger partial charge in [-0.25, -0.2) is 0 Å². The van der Waals surface area contributed by atoms with Crippen LogP contribution in [0, 0.1) is 0 Å². The van der Waals surface area contributed by atoms with Crippen molar-refractivity contribution < 1.29 is 0 Å². The van der Waals surface area contributed by atoms with Gasteiger partial charge in [-0.2, -0.15) is 0 Å². The first kappa shape index (κ1) is 62.2. The lowest BCUT2D eigenvalue weighted by Gasteiger charge is -2.32. The Balaban J connectivity index is 0.796. The molecule has 0 saturated carbocycles. The molecule has 0 radical (unpaired) electrons. The molecule has 8 heteroatoms. The first-order chi connectivity index (χ1) is 51.6. The van der Waals surface area contributed by atoms with Gasteiger partial charge in [0.1, 0.15) is 11.0 Å². The first-order valence-electron chi connectivity index (χ1n) is 35.2. The number of aromatic nitrogens is 2. The first-order valence-corrected chi connectivity index (χ1v) is 35.2. The van der Waals surface area contributed by atoms with E-state index >= 15 is 0 Å². The van der Waals surface area contributed by atoms with E-state index in [1.807, 2.05) is 12.4 Å². The van der Waals surface area contributed by atoms with Crippen LogP contribution in [-0.4, -0.2) is 9.97 Å². The highest BCUT2D eigenvalue weighted by atomic mass is 15.2. The van der Waals surface area contributed by atoms with Gasteiger partial charge in [0.2, 0.25) is 0 Å². The molecule has 0 atom stereocenters. The van der Waals surface area contributed by atoms with E-state index in [4.69, 9.17) is 9.97 Å². The number of hydrogen-bond acceptors (Lipinski definition) is 8. The van der Waals surface area contributed by atoms with Gasteiger partial charge in [0, 0.05) is 103 Å². The van der Waals surface area contributed by atoms with Crippen molar-refractivity contribution in [2.75, 3.05) is 29.4 Å². The second kappa shape index (κ2) is 27.6. The number of para-hydroxylation sites is 4. The van der Waals surface area contributed by atoms with Crippen molar-refractivity contribution in [2.24, 2.45) is 0 Å². The van der Waals surface area contributed by atoms with Gasteiger partial charge >= 0.3 is 0 Å². The van der Waals surface area contributed by atoms with E-state index in [-0.39, 0.29) is 0 Å². The monoisotopic (exact) mass is 1330 g/mol. The van der Waals surface area contributed by atoms with Gasteiger partial charge < -0.3 is 29.4 Å². The van der Waals surface area contributed by atoms with Crippen LogP contribution in [0.2, 0.25) is 0 Å². The van der Waals surface area contributed by atoms with E-state index < -0.39 is 0 Å². The molecule has 8 nitrogen and oxygen atoms in total. The molecule has 0 bridgehead atoms. The van der Waals surface area contributed by atoms with E-state index in [0.717, 1.165) is 113 Å². The van der Waals surface area contributed by atoms with E-state index in [9.17, 15) is 0 Å². The summed E-state index contributed by atoms with van der Waals surface area (Å²) in [5.74, 6) is 0. The molecule has 0 spiro atoms. The van der Waals surface area contributed by atoms with Crippen LogP contribution in [0.1, 0.15) is 0 Å². The van der Waals surface area contributed by atoms with E-state index in [1.165, 1.54) is 43.1 Å². The third kappa shape index (κ3) is 12.1. The Morgan fingerprint density at radius 1 is 0.135 bits per heavy atom. The Morgan fingerprint density at radius 2 is 0.308 bits per heavy atom. The van der Waals surface area contributed by atoms with Crippen LogP contribution in [0.15, 0.2) is 413 Å². The SMILES string of the molecule is c1ccc(N(c2ccc(N(c3ccc(N(c4ccccc4)c4ccc5ccccc5c4)cc3)c3ccc(N(c4ccc(N(c5ccccc5)c5ccc6ccccc6c5)cc4)c4ccc(N(c5ccccc5)c5ccc6ccccc6c5)cc4)c4nccnc34)cc2)c2ccc3ccccc3c2)cc1. The fourth-order valence-electron chi connectivity index (χ4n) is 14.6. The van der Waals surface area contributed by atoms with Crippen molar-refractivity contribution in [3.8, 4) is 0 Å². The van der Waals surface area contributed by atoms with Gasteiger partial charge in [-0.3, -0.25) is 9.97 Å². The molecule has 104 heavy (non-hydrogen) atoms.